The van der Waals surface area contributed by atoms with Crippen molar-refractivity contribution in [3.8, 4) is 0 Å². The van der Waals surface area contributed by atoms with Gasteiger partial charge in [-0.25, -0.2) is 9.59 Å². The topological polar surface area (TPSA) is 101 Å². The van der Waals surface area contributed by atoms with E-state index in [0.29, 0.717) is 13.1 Å². The molecule has 2 aliphatic rings. The second-order valence-corrected chi connectivity index (χ2v) is 9.77. The Morgan fingerprint density at radius 2 is 1.28 bits per heavy atom. The van der Waals surface area contributed by atoms with E-state index in [1.54, 1.807) is 0 Å². The molecule has 0 bridgehead atoms. The molecular formula is C24H38N4O4. The Bertz CT molecular complexity index is 723. The van der Waals surface area contributed by atoms with Crippen molar-refractivity contribution in [3.05, 3.63) is 35.4 Å². The van der Waals surface area contributed by atoms with Gasteiger partial charge in [0.05, 0.1) is 23.3 Å². The van der Waals surface area contributed by atoms with Crippen LogP contribution in [0.2, 0.25) is 0 Å². The van der Waals surface area contributed by atoms with Gasteiger partial charge in [-0.3, -0.25) is 0 Å². The van der Waals surface area contributed by atoms with E-state index in [1.807, 2.05) is 52.0 Å². The van der Waals surface area contributed by atoms with E-state index in [1.165, 1.54) is 0 Å². The zero-order valence-corrected chi connectivity index (χ0v) is 19.8. The number of amides is 4. The largest absolute Gasteiger partial charge is 0.376 e. The summed E-state index contributed by atoms with van der Waals surface area (Å²) in [6.07, 6.45) is 4.26. The van der Waals surface area contributed by atoms with Crippen LogP contribution < -0.4 is 21.3 Å². The minimum Gasteiger partial charge on any atom is -0.376 e. The van der Waals surface area contributed by atoms with Crippen molar-refractivity contribution in [2.24, 2.45) is 0 Å². The zero-order chi connectivity index (χ0) is 23.2. The first-order valence-electron chi connectivity index (χ1n) is 11.6. The highest BCUT2D eigenvalue weighted by Gasteiger charge is 2.28. The Labute approximate surface area is 191 Å². The minimum absolute atomic E-state index is 0.102. The molecule has 1 aromatic rings. The molecule has 0 aliphatic carbocycles. The number of hydrogen-bond acceptors (Lipinski definition) is 4. The molecule has 0 saturated carbocycles. The standard InChI is InChI=1S/C24H38N4O4/c1-23(2,27-21(29)25-15-19-10-6-12-31-19)17-8-5-9-18(14-17)24(3,4)28-22(30)26-16-20-11-7-13-32-20/h5,8-9,14,19-20H,6-7,10-13,15-16H2,1-4H3,(H2,25,27,29)(H2,26,28,30). The molecule has 3 rings (SSSR count). The SMILES string of the molecule is CC(C)(NC(=O)NCC1CCCO1)c1cccc(C(C)(C)NC(=O)NCC2CCCO2)c1. The number of urea groups is 2. The zero-order valence-electron chi connectivity index (χ0n) is 19.8. The molecule has 0 aromatic heterocycles. The molecule has 178 valence electrons. The fraction of sp³-hybridized carbons (Fsp3) is 0.667. The molecule has 4 amide bonds. The van der Waals surface area contributed by atoms with Crippen molar-refractivity contribution in [3.63, 3.8) is 0 Å². The van der Waals surface area contributed by atoms with E-state index in [2.05, 4.69) is 21.3 Å². The number of nitrogens with one attached hydrogen (secondary N) is 4. The van der Waals surface area contributed by atoms with Gasteiger partial charge in [0.15, 0.2) is 0 Å². The maximum Gasteiger partial charge on any atom is 0.315 e. The first-order chi connectivity index (χ1) is 15.2. The van der Waals surface area contributed by atoms with Crippen LogP contribution in [0.1, 0.15) is 64.5 Å². The average molecular weight is 447 g/mol. The van der Waals surface area contributed by atoms with Crippen LogP contribution >= 0.6 is 0 Å². The Hall–Kier alpha value is -2.32. The fourth-order valence-corrected chi connectivity index (χ4v) is 4.12. The summed E-state index contributed by atoms with van der Waals surface area (Å²) in [6.45, 7) is 10.4. The molecule has 2 aliphatic heterocycles. The summed E-state index contributed by atoms with van der Waals surface area (Å²) in [7, 11) is 0. The molecule has 0 spiro atoms. The number of rotatable bonds is 8. The van der Waals surface area contributed by atoms with E-state index in [-0.39, 0.29) is 24.3 Å². The van der Waals surface area contributed by atoms with Crippen molar-refractivity contribution in [2.75, 3.05) is 26.3 Å². The molecule has 32 heavy (non-hydrogen) atoms. The fourth-order valence-electron chi connectivity index (χ4n) is 4.12. The van der Waals surface area contributed by atoms with Gasteiger partial charge in [0.2, 0.25) is 0 Å². The highest BCUT2D eigenvalue weighted by atomic mass is 16.5. The van der Waals surface area contributed by atoms with Gasteiger partial charge in [-0.2, -0.15) is 0 Å². The number of carbonyl (C=O) groups is 2. The highest BCUT2D eigenvalue weighted by molar-refractivity contribution is 5.75. The van der Waals surface area contributed by atoms with E-state index in [9.17, 15) is 9.59 Å². The summed E-state index contributed by atoms with van der Waals surface area (Å²) in [5.74, 6) is 0. The van der Waals surface area contributed by atoms with E-state index in [0.717, 1.165) is 50.0 Å². The molecule has 8 heteroatoms. The van der Waals surface area contributed by atoms with Gasteiger partial charge in [-0.05, 0) is 64.5 Å². The quantitative estimate of drug-likeness (QED) is 0.493. The lowest BCUT2D eigenvalue weighted by Crippen LogP contribution is -2.49. The molecule has 2 saturated heterocycles. The normalized spacial score (nSPS) is 21.2. The van der Waals surface area contributed by atoms with E-state index in [4.69, 9.17) is 9.47 Å². The predicted molar refractivity (Wildman–Crippen MR) is 124 cm³/mol. The lowest BCUT2D eigenvalue weighted by Gasteiger charge is -2.31. The summed E-state index contributed by atoms with van der Waals surface area (Å²) in [5, 5.41) is 11.9. The molecule has 2 heterocycles. The van der Waals surface area contributed by atoms with Crippen LogP contribution in [0.3, 0.4) is 0 Å². The van der Waals surface area contributed by atoms with Gasteiger partial charge in [0, 0.05) is 26.3 Å². The second-order valence-electron chi connectivity index (χ2n) is 9.77. The van der Waals surface area contributed by atoms with Crippen LogP contribution in [-0.2, 0) is 20.6 Å². The van der Waals surface area contributed by atoms with Gasteiger partial charge < -0.3 is 30.7 Å². The van der Waals surface area contributed by atoms with Crippen molar-refractivity contribution in [1.82, 2.24) is 21.3 Å². The highest BCUT2D eigenvalue weighted by Crippen LogP contribution is 2.26. The molecule has 1 aromatic carbocycles. The van der Waals surface area contributed by atoms with Crippen LogP contribution in [0.25, 0.3) is 0 Å². The van der Waals surface area contributed by atoms with E-state index >= 15 is 0 Å². The van der Waals surface area contributed by atoms with Gasteiger partial charge in [0.1, 0.15) is 0 Å². The Balaban J connectivity index is 1.56. The third-order valence-corrected chi connectivity index (χ3v) is 6.19. The molecule has 4 N–H and O–H groups in total. The predicted octanol–water partition coefficient (Wildman–Crippen LogP) is 3.11. The van der Waals surface area contributed by atoms with Crippen LogP contribution in [0.5, 0.6) is 0 Å². The summed E-state index contributed by atoms with van der Waals surface area (Å²) in [4.78, 5) is 24.9. The maximum atomic E-state index is 12.4. The van der Waals surface area contributed by atoms with Crippen LogP contribution in [0.15, 0.2) is 24.3 Å². The molecule has 2 atom stereocenters. The summed E-state index contributed by atoms with van der Waals surface area (Å²) >= 11 is 0. The van der Waals surface area contributed by atoms with Crippen molar-refractivity contribution >= 4 is 12.1 Å². The first-order valence-corrected chi connectivity index (χ1v) is 11.6. The number of ether oxygens (including phenoxy) is 2. The average Bonchev–Trinajstić information content (AvgIpc) is 3.44. The number of carbonyl (C=O) groups excluding carboxylic acids is 2. The van der Waals surface area contributed by atoms with Gasteiger partial charge in [-0.15, -0.1) is 0 Å². The van der Waals surface area contributed by atoms with Crippen LogP contribution in [0.4, 0.5) is 9.59 Å². The van der Waals surface area contributed by atoms with Gasteiger partial charge in [0.25, 0.3) is 0 Å². The third kappa shape index (κ3) is 6.84. The monoisotopic (exact) mass is 446 g/mol. The molecule has 2 unspecified atom stereocenters. The van der Waals surface area contributed by atoms with Gasteiger partial charge >= 0.3 is 12.1 Å². The molecule has 0 radical (unpaired) electrons. The Morgan fingerprint density at radius 1 is 0.844 bits per heavy atom. The van der Waals surface area contributed by atoms with Crippen LogP contribution in [0, 0.1) is 0 Å². The third-order valence-electron chi connectivity index (χ3n) is 6.19. The first kappa shape index (κ1) is 24.3. The van der Waals surface area contributed by atoms with Crippen molar-refractivity contribution in [1.29, 1.82) is 0 Å². The maximum absolute atomic E-state index is 12.4. The molecule has 2 fully saturated rings. The minimum atomic E-state index is -0.589. The summed E-state index contributed by atoms with van der Waals surface area (Å²) in [6, 6.07) is 7.50. The van der Waals surface area contributed by atoms with Crippen LogP contribution in [-0.4, -0.2) is 50.6 Å². The number of hydrogen-bond donors (Lipinski definition) is 4. The summed E-state index contributed by atoms with van der Waals surface area (Å²) < 4.78 is 11.1. The second kappa shape index (κ2) is 10.5. The van der Waals surface area contributed by atoms with Crippen molar-refractivity contribution in [2.45, 2.75) is 76.7 Å². The molecule has 8 nitrogen and oxygen atoms in total. The summed E-state index contributed by atoms with van der Waals surface area (Å²) in [5.41, 5.74) is 0.734. The Morgan fingerprint density at radius 3 is 1.66 bits per heavy atom. The molecular weight excluding hydrogens is 408 g/mol. The van der Waals surface area contributed by atoms with Gasteiger partial charge in [-0.1, -0.05) is 24.3 Å². The van der Waals surface area contributed by atoms with Crippen molar-refractivity contribution < 1.29 is 19.1 Å². The Kier molecular flexibility index (Phi) is 8.00. The lowest BCUT2D eigenvalue weighted by molar-refractivity contribution is 0.111. The smallest absolute Gasteiger partial charge is 0.315 e. The van der Waals surface area contributed by atoms with E-state index < -0.39 is 11.1 Å². The lowest BCUT2D eigenvalue weighted by atomic mass is 9.87. The number of benzene rings is 1.